The Morgan fingerprint density at radius 3 is 3.10 bits per heavy atom. The predicted octanol–water partition coefficient (Wildman–Crippen LogP) is 1.74. The molecule has 1 atom stereocenters. The topological polar surface area (TPSA) is 90.0 Å². The Morgan fingerprint density at radius 2 is 2.33 bits per heavy atom. The van der Waals surface area contributed by atoms with Crippen LogP contribution in [-0.2, 0) is 4.74 Å². The van der Waals surface area contributed by atoms with E-state index in [1.165, 1.54) is 0 Å². The Balaban J connectivity index is 1.91. The van der Waals surface area contributed by atoms with E-state index in [0.717, 1.165) is 30.5 Å². The van der Waals surface area contributed by atoms with Crippen molar-refractivity contribution in [3.8, 4) is 5.88 Å². The van der Waals surface area contributed by atoms with Crippen molar-refractivity contribution in [3.63, 3.8) is 0 Å². The fourth-order valence-corrected chi connectivity index (χ4v) is 2.41. The quantitative estimate of drug-likeness (QED) is 0.387. The summed E-state index contributed by atoms with van der Waals surface area (Å²) in [5.74, 6) is 0.912. The van der Waals surface area contributed by atoms with E-state index in [4.69, 9.17) is 20.4 Å². The molecule has 1 aromatic carbocycles. The van der Waals surface area contributed by atoms with Gasteiger partial charge in [-0.3, -0.25) is 0 Å². The fraction of sp³-hybridized carbons (Fsp3) is 0.333. The van der Waals surface area contributed by atoms with Crippen molar-refractivity contribution in [2.24, 2.45) is 16.8 Å². The summed E-state index contributed by atoms with van der Waals surface area (Å²) in [4.78, 5) is 4.46. The highest BCUT2D eigenvalue weighted by molar-refractivity contribution is 6.08. The number of ether oxygens (including phenoxy) is 2. The molecule has 1 aliphatic rings. The summed E-state index contributed by atoms with van der Waals surface area (Å²) >= 11 is 0. The molecule has 1 aromatic heterocycles. The van der Waals surface area contributed by atoms with Crippen LogP contribution < -0.4 is 10.5 Å². The Morgan fingerprint density at radius 1 is 1.48 bits per heavy atom. The summed E-state index contributed by atoms with van der Waals surface area (Å²) in [6, 6.07) is 9.22. The Hall–Kier alpha value is -2.34. The molecule has 1 saturated heterocycles. The highest BCUT2D eigenvalue weighted by Crippen LogP contribution is 2.23. The number of benzene rings is 1. The first kappa shape index (κ1) is 13.6. The smallest absolute Gasteiger partial charge is 0.214 e. The number of amidine groups is 1. The summed E-state index contributed by atoms with van der Waals surface area (Å²) in [6.07, 6.45) is 1.00. The van der Waals surface area contributed by atoms with E-state index in [9.17, 15) is 0 Å². The second-order valence-corrected chi connectivity index (χ2v) is 5.05. The SMILES string of the molecule is NC(=NO)c1cc(OCC2CCOC2)nc2ccccc12. The van der Waals surface area contributed by atoms with Crippen LogP contribution in [-0.4, -0.2) is 35.8 Å². The summed E-state index contributed by atoms with van der Waals surface area (Å²) in [6.45, 7) is 2.07. The largest absolute Gasteiger partial charge is 0.477 e. The van der Waals surface area contributed by atoms with E-state index in [1.807, 2.05) is 24.3 Å². The average molecular weight is 287 g/mol. The molecule has 110 valence electrons. The monoisotopic (exact) mass is 287 g/mol. The summed E-state index contributed by atoms with van der Waals surface area (Å²) < 4.78 is 11.1. The minimum absolute atomic E-state index is 0.0441. The van der Waals surface area contributed by atoms with Gasteiger partial charge in [-0.2, -0.15) is 0 Å². The zero-order valence-electron chi connectivity index (χ0n) is 11.5. The molecule has 0 amide bonds. The molecular weight excluding hydrogens is 270 g/mol. The van der Waals surface area contributed by atoms with E-state index >= 15 is 0 Å². The Labute approximate surface area is 122 Å². The van der Waals surface area contributed by atoms with Crippen molar-refractivity contribution >= 4 is 16.7 Å². The van der Waals surface area contributed by atoms with Crippen molar-refractivity contribution in [1.82, 2.24) is 4.98 Å². The molecule has 0 bridgehead atoms. The first-order chi connectivity index (χ1) is 10.3. The second kappa shape index (κ2) is 5.97. The number of nitrogens with two attached hydrogens (primary N) is 1. The van der Waals surface area contributed by atoms with Crippen LogP contribution >= 0.6 is 0 Å². The van der Waals surface area contributed by atoms with Gasteiger partial charge in [0, 0.05) is 29.5 Å². The molecule has 21 heavy (non-hydrogen) atoms. The van der Waals surface area contributed by atoms with Gasteiger partial charge in [-0.25, -0.2) is 4.98 Å². The van der Waals surface area contributed by atoms with Crippen LogP contribution in [0.4, 0.5) is 0 Å². The Kier molecular flexibility index (Phi) is 3.87. The van der Waals surface area contributed by atoms with Crippen molar-refractivity contribution in [2.75, 3.05) is 19.8 Å². The van der Waals surface area contributed by atoms with E-state index in [1.54, 1.807) is 6.07 Å². The number of hydrogen-bond acceptors (Lipinski definition) is 5. The second-order valence-electron chi connectivity index (χ2n) is 5.05. The zero-order chi connectivity index (χ0) is 14.7. The fourth-order valence-electron chi connectivity index (χ4n) is 2.41. The third-order valence-corrected chi connectivity index (χ3v) is 3.57. The van der Waals surface area contributed by atoms with Crippen molar-refractivity contribution in [1.29, 1.82) is 0 Å². The van der Waals surface area contributed by atoms with Crippen LogP contribution in [0.15, 0.2) is 35.5 Å². The third kappa shape index (κ3) is 2.90. The molecular formula is C15H17N3O3. The summed E-state index contributed by atoms with van der Waals surface area (Å²) in [5.41, 5.74) is 7.11. The molecule has 6 nitrogen and oxygen atoms in total. The van der Waals surface area contributed by atoms with Gasteiger partial charge in [0.25, 0.3) is 0 Å². The summed E-state index contributed by atoms with van der Waals surface area (Å²) in [7, 11) is 0. The van der Waals surface area contributed by atoms with Gasteiger partial charge in [-0.1, -0.05) is 23.4 Å². The van der Waals surface area contributed by atoms with Gasteiger partial charge in [0.2, 0.25) is 5.88 Å². The molecule has 2 heterocycles. The molecule has 1 unspecified atom stereocenters. The van der Waals surface area contributed by atoms with E-state index < -0.39 is 0 Å². The van der Waals surface area contributed by atoms with Gasteiger partial charge in [0.1, 0.15) is 0 Å². The Bertz CT molecular complexity index is 666. The first-order valence-electron chi connectivity index (χ1n) is 6.86. The number of hydrogen-bond donors (Lipinski definition) is 2. The van der Waals surface area contributed by atoms with Gasteiger partial charge in [0.05, 0.1) is 18.7 Å². The van der Waals surface area contributed by atoms with Crippen molar-refractivity contribution in [2.45, 2.75) is 6.42 Å². The van der Waals surface area contributed by atoms with E-state index in [0.29, 0.717) is 24.0 Å². The van der Waals surface area contributed by atoms with Crippen LogP contribution in [0.25, 0.3) is 10.9 Å². The van der Waals surface area contributed by atoms with Gasteiger partial charge >= 0.3 is 0 Å². The van der Waals surface area contributed by atoms with E-state index in [2.05, 4.69) is 10.1 Å². The number of para-hydroxylation sites is 1. The number of fused-ring (bicyclic) bond motifs is 1. The predicted molar refractivity (Wildman–Crippen MR) is 78.7 cm³/mol. The van der Waals surface area contributed by atoms with Crippen LogP contribution in [0.3, 0.4) is 0 Å². The maximum atomic E-state index is 8.93. The average Bonchev–Trinajstić information content (AvgIpc) is 3.04. The van der Waals surface area contributed by atoms with Crippen molar-refractivity contribution in [3.05, 3.63) is 35.9 Å². The third-order valence-electron chi connectivity index (χ3n) is 3.57. The summed E-state index contributed by atoms with van der Waals surface area (Å²) in [5, 5.41) is 12.8. The first-order valence-corrected chi connectivity index (χ1v) is 6.86. The highest BCUT2D eigenvalue weighted by Gasteiger charge is 2.17. The molecule has 0 radical (unpaired) electrons. The van der Waals surface area contributed by atoms with Gasteiger partial charge in [0.15, 0.2) is 5.84 Å². The molecule has 1 aliphatic heterocycles. The lowest BCUT2D eigenvalue weighted by molar-refractivity contribution is 0.165. The number of rotatable bonds is 4. The molecule has 2 aromatic rings. The standard InChI is InChI=1S/C15H17N3O3/c16-15(18-19)12-7-14(21-9-10-5-6-20-8-10)17-13-4-2-1-3-11(12)13/h1-4,7,10,19H,5-6,8-9H2,(H2,16,18). The molecule has 6 heteroatoms. The lowest BCUT2D eigenvalue weighted by Crippen LogP contribution is -2.16. The number of nitrogens with zero attached hydrogens (tertiary/aromatic N) is 2. The maximum absolute atomic E-state index is 8.93. The van der Waals surface area contributed by atoms with Gasteiger partial charge < -0.3 is 20.4 Å². The molecule has 3 rings (SSSR count). The van der Waals surface area contributed by atoms with Crippen LogP contribution in [0.5, 0.6) is 5.88 Å². The minimum atomic E-state index is 0.0441. The molecule has 3 N–H and O–H groups in total. The number of aromatic nitrogens is 1. The molecule has 0 spiro atoms. The van der Waals surface area contributed by atoms with E-state index in [-0.39, 0.29) is 5.84 Å². The van der Waals surface area contributed by atoms with Gasteiger partial charge in [-0.05, 0) is 12.5 Å². The van der Waals surface area contributed by atoms with Crippen LogP contribution in [0.1, 0.15) is 12.0 Å². The number of oxime groups is 1. The maximum Gasteiger partial charge on any atom is 0.214 e. The van der Waals surface area contributed by atoms with Crippen molar-refractivity contribution < 1.29 is 14.7 Å². The number of pyridine rings is 1. The lowest BCUT2D eigenvalue weighted by Gasteiger charge is -2.12. The molecule has 0 saturated carbocycles. The molecule has 0 aliphatic carbocycles. The minimum Gasteiger partial charge on any atom is -0.477 e. The van der Waals surface area contributed by atoms with Crippen LogP contribution in [0, 0.1) is 5.92 Å². The lowest BCUT2D eigenvalue weighted by atomic mass is 10.1. The highest BCUT2D eigenvalue weighted by atomic mass is 16.5. The van der Waals surface area contributed by atoms with Gasteiger partial charge in [-0.15, -0.1) is 0 Å². The normalized spacial score (nSPS) is 19.0. The molecule has 1 fully saturated rings. The van der Waals surface area contributed by atoms with Crippen LogP contribution in [0.2, 0.25) is 0 Å². The zero-order valence-corrected chi connectivity index (χ0v) is 11.5.